The van der Waals surface area contributed by atoms with Crippen molar-refractivity contribution in [1.29, 1.82) is 0 Å². The van der Waals surface area contributed by atoms with E-state index in [1.165, 1.54) is 0 Å². The van der Waals surface area contributed by atoms with Crippen LogP contribution in [0, 0.1) is 0 Å². The smallest absolute Gasteiger partial charge is 0.169 e. The van der Waals surface area contributed by atoms with E-state index in [-0.39, 0.29) is 0 Å². The molecular weight excluding hydrogens is 336 g/mol. The molecule has 0 radical (unpaired) electrons. The second-order valence-electron chi connectivity index (χ2n) is 4.30. The van der Waals surface area contributed by atoms with Crippen molar-refractivity contribution in [1.82, 2.24) is 9.78 Å². The molecule has 0 N–H and O–H groups in total. The lowest BCUT2D eigenvalue weighted by Gasteiger charge is -2.03. The molecule has 0 bridgehead atoms. The SMILES string of the molecule is COc1cccc(-n2cc(C=O)c(-c3ccc(Br)o3)n2)c1. The fourth-order valence-corrected chi connectivity index (χ4v) is 2.30. The van der Waals surface area contributed by atoms with Gasteiger partial charge in [0, 0.05) is 12.3 Å². The molecule has 3 aromatic rings. The Labute approximate surface area is 129 Å². The van der Waals surface area contributed by atoms with E-state index >= 15 is 0 Å². The summed E-state index contributed by atoms with van der Waals surface area (Å²) < 4.78 is 12.9. The Kier molecular flexibility index (Phi) is 3.62. The number of ether oxygens (including phenoxy) is 1. The molecule has 3 rings (SSSR count). The topological polar surface area (TPSA) is 57.3 Å². The zero-order valence-electron chi connectivity index (χ0n) is 11.1. The molecule has 0 saturated carbocycles. The average Bonchev–Trinajstić information content (AvgIpc) is 3.13. The summed E-state index contributed by atoms with van der Waals surface area (Å²) in [7, 11) is 1.60. The third kappa shape index (κ3) is 2.62. The molecule has 6 heteroatoms. The maximum atomic E-state index is 11.2. The van der Waals surface area contributed by atoms with Crippen molar-refractivity contribution < 1.29 is 13.9 Å². The zero-order chi connectivity index (χ0) is 14.8. The van der Waals surface area contributed by atoms with Crippen LogP contribution in [-0.4, -0.2) is 23.2 Å². The van der Waals surface area contributed by atoms with Gasteiger partial charge in [-0.25, -0.2) is 4.68 Å². The van der Waals surface area contributed by atoms with E-state index in [1.807, 2.05) is 24.3 Å². The van der Waals surface area contributed by atoms with Gasteiger partial charge in [-0.05, 0) is 40.2 Å². The van der Waals surface area contributed by atoms with Gasteiger partial charge in [0.1, 0.15) is 11.4 Å². The van der Waals surface area contributed by atoms with Crippen molar-refractivity contribution in [2.75, 3.05) is 7.11 Å². The summed E-state index contributed by atoms with van der Waals surface area (Å²) in [6.07, 6.45) is 2.42. The van der Waals surface area contributed by atoms with E-state index < -0.39 is 0 Å². The normalized spacial score (nSPS) is 10.6. The number of aldehydes is 1. The Hall–Kier alpha value is -2.34. The standard InChI is InChI=1S/C15H11BrN2O3/c1-20-12-4-2-3-11(7-12)18-8-10(9-19)15(17-18)13-5-6-14(16)21-13/h2-9H,1H3. The first-order valence-corrected chi connectivity index (χ1v) is 6.95. The summed E-state index contributed by atoms with van der Waals surface area (Å²) in [5.74, 6) is 1.25. The van der Waals surface area contributed by atoms with Crippen LogP contribution in [0.3, 0.4) is 0 Å². The lowest BCUT2D eigenvalue weighted by atomic mass is 10.2. The molecule has 2 heterocycles. The van der Waals surface area contributed by atoms with Gasteiger partial charge < -0.3 is 9.15 Å². The summed E-state index contributed by atoms with van der Waals surface area (Å²) in [6, 6.07) is 10.9. The Bertz CT molecular complexity index is 792. The van der Waals surface area contributed by atoms with Gasteiger partial charge in [-0.2, -0.15) is 5.10 Å². The van der Waals surface area contributed by atoms with Crippen LogP contribution in [0.25, 0.3) is 17.1 Å². The molecule has 0 aliphatic rings. The molecule has 0 fully saturated rings. The minimum absolute atomic E-state index is 0.458. The van der Waals surface area contributed by atoms with Gasteiger partial charge in [0.05, 0.1) is 18.4 Å². The highest BCUT2D eigenvalue weighted by Gasteiger charge is 2.15. The van der Waals surface area contributed by atoms with Gasteiger partial charge in [0.15, 0.2) is 16.7 Å². The van der Waals surface area contributed by atoms with Gasteiger partial charge in [-0.3, -0.25) is 4.79 Å². The first kappa shape index (κ1) is 13.6. The number of furan rings is 1. The van der Waals surface area contributed by atoms with Crippen LogP contribution in [0.1, 0.15) is 10.4 Å². The van der Waals surface area contributed by atoms with E-state index in [4.69, 9.17) is 9.15 Å². The summed E-state index contributed by atoms with van der Waals surface area (Å²) in [5, 5.41) is 4.43. The number of aromatic nitrogens is 2. The first-order chi connectivity index (χ1) is 10.2. The van der Waals surface area contributed by atoms with Crippen LogP contribution >= 0.6 is 15.9 Å². The fraction of sp³-hybridized carbons (Fsp3) is 0.0667. The van der Waals surface area contributed by atoms with E-state index in [0.29, 0.717) is 21.7 Å². The van der Waals surface area contributed by atoms with Gasteiger partial charge in [-0.1, -0.05) is 6.07 Å². The van der Waals surface area contributed by atoms with Crippen LogP contribution in [0.2, 0.25) is 0 Å². The molecule has 1 aromatic carbocycles. The van der Waals surface area contributed by atoms with E-state index in [0.717, 1.165) is 17.7 Å². The molecule has 0 aliphatic heterocycles. The Morgan fingerprint density at radius 3 is 2.86 bits per heavy atom. The molecular formula is C15H11BrN2O3. The largest absolute Gasteiger partial charge is 0.497 e. The molecule has 0 saturated heterocycles. The Morgan fingerprint density at radius 1 is 1.33 bits per heavy atom. The van der Waals surface area contributed by atoms with Crippen LogP contribution in [0.5, 0.6) is 5.75 Å². The van der Waals surface area contributed by atoms with Gasteiger partial charge >= 0.3 is 0 Å². The number of benzene rings is 1. The molecule has 0 spiro atoms. The van der Waals surface area contributed by atoms with Crippen molar-refractivity contribution in [3.63, 3.8) is 0 Å². The second-order valence-corrected chi connectivity index (χ2v) is 5.08. The van der Waals surface area contributed by atoms with E-state index in [2.05, 4.69) is 21.0 Å². The number of methoxy groups -OCH3 is 1. The molecule has 2 aromatic heterocycles. The van der Waals surface area contributed by atoms with Crippen molar-refractivity contribution in [2.24, 2.45) is 0 Å². The minimum Gasteiger partial charge on any atom is -0.497 e. The van der Waals surface area contributed by atoms with Gasteiger partial charge in [0.25, 0.3) is 0 Å². The highest BCUT2D eigenvalue weighted by atomic mass is 79.9. The third-order valence-corrected chi connectivity index (χ3v) is 3.42. The van der Waals surface area contributed by atoms with Crippen LogP contribution < -0.4 is 4.74 Å². The van der Waals surface area contributed by atoms with Crippen LogP contribution in [0.15, 0.2) is 51.7 Å². The molecule has 0 aliphatic carbocycles. The van der Waals surface area contributed by atoms with Crippen LogP contribution in [0.4, 0.5) is 0 Å². The maximum Gasteiger partial charge on any atom is 0.169 e. The summed E-state index contributed by atoms with van der Waals surface area (Å²) >= 11 is 3.24. The molecule has 0 unspecified atom stereocenters. The maximum absolute atomic E-state index is 11.2. The lowest BCUT2D eigenvalue weighted by Crippen LogP contribution is -1.95. The molecule has 5 nitrogen and oxygen atoms in total. The fourth-order valence-electron chi connectivity index (χ4n) is 1.99. The van der Waals surface area contributed by atoms with Gasteiger partial charge in [-0.15, -0.1) is 0 Å². The number of hydrogen-bond acceptors (Lipinski definition) is 4. The van der Waals surface area contributed by atoms with Crippen LogP contribution in [-0.2, 0) is 0 Å². The second kappa shape index (κ2) is 5.57. The van der Waals surface area contributed by atoms with E-state index in [9.17, 15) is 4.79 Å². The number of rotatable bonds is 4. The number of hydrogen-bond donors (Lipinski definition) is 0. The number of nitrogens with zero attached hydrogens (tertiary/aromatic N) is 2. The lowest BCUT2D eigenvalue weighted by molar-refractivity contribution is 0.112. The summed E-state index contributed by atoms with van der Waals surface area (Å²) in [5.41, 5.74) is 1.76. The number of halogens is 1. The molecule has 21 heavy (non-hydrogen) atoms. The van der Waals surface area contributed by atoms with E-state index in [1.54, 1.807) is 30.1 Å². The summed E-state index contributed by atoms with van der Waals surface area (Å²) in [6.45, 7) is 0. The minimum atomic E-state index is 0.458. The van der Waals surface area contributed by atoms with Crippen molar-refractivity contribution in [2.45, 2.75) is 0 Å². The van der Waals surface area contributed by atoms with Gasteiger partial charge in [0.2, 0.25) is 0 Å². The highest BCUT2D eigenvalue weighted by molar-refractivity contribution is 9.10. The highest BCUT2D eigenvalue weighted by Crippen LogP contribution is 2.27. The predicted octanol–water partition coefficient (Wildman–Crippen LogP) is 3.72. The summed E-state index contributed by atoms with van der Waals surface area (Å²) in [4.78, 5) is 11.2. The van der Waals surface area contributed by atoms with Crippen molar-refractivity contribution in [3.8, 4) is 22.9 Å². The first-order valence-electron chi connectivity index (χ1n) is 6.16. The zero-order valence-corrected chi connectivity index (χ0v) is 12.7. The monoisotopic (exact) mass is 346 g/mol. The molecule has 0 atom stereocenters. The third-order valence-electron chi connectivity index (χ3n) is 2.99. The Morgan fingerprint density at radius 2 is 2.19 bits per heavy atom. The number of carbonyl (C=O) groups excluding carboxylic acids is 1. The predicted molar refractivity (Wildman–Crippen MR) is 80.9 cm³/mol. The quantitative estimate of drug-likeness (QED) is 0.675. The number of carbonyl (C=O) groups is 1. The molecule has 106 valence electrons. The van der Waals surface area contributed by atoms with Crippen molar-refractivity contribution in [3.05, 3.63) is 52.8 Å². The van der Waals surface area contributed by atoms with Crippen molar-refractivity contribution >= 4 is 22.2 Å². The molecule has 0 amide bonds. The Balaban J connectivity index is 2.08. The average molecular weight is 347 g/mol.